The van der Waals surface area contributed by atoms with E-state index in [1.165, 1.54) is 219 Å². The lowest BCUT2D eigenvalue weighted by Crippen LogP contribution is -2.15. The molecule has 2 aliphatic carbocycles. The van der Waals surface area contributed by atoms with Crippen LogP contribution in [0.25, 0.3) is 152 Å². The van der Waals surface area contributed by atoms with Crippen molar-refractivity contribution in [1.82, 2.24) is 0 Å². The molecule has 2 aliphatic rings. The van der Waals surface area contributed by atoms with Gasteiger partial charge >= 0.3 is 0 Å². The lowest BCUT2D eigenvalue weighted by atomic mass is 9.79. The predicted molar refractivity (Wildman–Crippen MR) is 550 cm³/mol. The van der Waals surface area contributed by atoms with E-state index in [1.54, 1.807) is 0 Å². The number of fused-ring (bicyclic) bond motifs is 26. The SMILES string of the molecule is Cc1c(C(C)(C)C)c2ccccc2c2ccccc12.Cc1c(C(C)(C)C)ccc2c1ccc1ccccc12.Cc1c(C(C)(C)C)ccc2ccc3ccccc3c12.Cc1c(C(C)(C)C)ccc2ccccc12.Cc1c2c(c3c(oc4c5ccccc5ccc43)c1C(C)(C)C)-c1ccccc1C2.Cc1c2c(c3c(oc4ccccc43)c1C(C)(C)C)-c1ccccc1C2. The second-order valence-electron chi connectivity index (χ2n) is 41.9. The second-order valence-corrected chi connectivity index (χ2v) is 41.9. The molecule has 0 saturated heterocycles. The van der Waals surface area contributed by atoms with Crippen molar-refractivity contribution < 1.29 is 8.83 Å². The average Bonchev–Trinajstić information content (AvgIpc) is 1.54. The summed E-state index contributed by atoms with van der Waals surface area (Å²) in [6.45, 7) is 54.7. The summed E-state index contributed by atoms with van der Waals surface area (Å²) in [6.07, 6.45) is 2.03. The molecule has 0 amide bonds. The normalized spacial score (nSPS) is 12.7. The molecule has 20 aromatic rings. The maximum Gasteiger partial charge on any atom is 0.143 e. The highest BCUT2D eigenvalue weighted by Crippen LogP contribution is 2.54. The van der Waals surface area contributed by atoms with Crippen LogP contribution in [0.5, 0.6) is 0 Å². The fourth-order valence-corrected chi connectivity index (χ4v) is 21.8. The highest BCUT2D eigenvalue weighted by molar-refractivity contribution is 6.22. The maximum absolute atomic E-state index is 6.74. The van der Waals surface area contributed by atoms with E-state index in [-0.39, 0.29) is 32.5 Å². The van der Waals surface area contributed by atoms with Gasteiger partial charge in [0.25, 0.3) is 0 Å². The molecule has 2 nitrogen and oxygen atoms in total. The van der Waals surface area contributed by atoms with E-state index in [1.807, 2.05) is 0 Å². The molecular weight excluding hydrogens is 1520 g/mol. The molecule has 0 atom stereocenters. The molecule has 0 bridgehead atoms. The van der Waals surface area contributed by atoms with Crippen LogP contribution in [0.1, 0.15) is 214 Å². The van der Waals surface area contributed by atoms with Gasteiger partial charge in [-0.15, -0.1) is 0 Å². The fourth-order valence-electron chi connectivity index (χ4n) is 21.8. The summed E-state index contributed by atoms with van der Waals surface area (Å²) in [4.78, 5) is 0. The minimum Gasteiger partial charge on any atom is -0.456 e. The number of para-hydroxylation sites is 1. The van der Waals surface area contributed by atoms with Crippen LogP contribution >= 0.6 is 0 Å². The Morgan fingerprint density at radius 1 is 0.198 bits per heavy atom. The number of rotatable bonds is 0. The Hall–Kier alpha value is -12.4. The van der Waals surface area contributed by atoms with Gasteiger partial charge in [0.15, 0.2) is 0 Å². The molecule has 0 fully saturated rings. The Morgan fingerprint density at radius 2 is 0.524 bits per heavy atom. The van der Waals surface area contributed by atoms with Crippen molar-refractivity contribution >= 4 is 130 Å². The first-order valence-corrected chi connectivity index (χ1v) is 45.6. The molecule has 126 heavy (non-hydrogen) atoms. The first-order valence-electron chi connectivity index (χ1n) is 45.6. The van der Waals surface area contributed by atoms with Gasteiger partial charge in [0.2, 0.25) is 0 Å². The predicted octanol–water partition coefficient (Wildman–Crippen LogP) is 35.9. The molecule has 0 aliphatic heterocycles. The quantitative estimate of drug-likeness (QED) is 0.141. The summed E-state index contributed by atoms with van der Waals surface area (Å²) in [5.74, 6) is 0. The number of hydrogen-bond acceptors (Lipinski definition) is 2. The average molecular weight is 1650 g/mol. The summed E-state index contributed by atoms with van der Waals surface area (Å²) in [6, 6.07) is 105. The van der Waals surface area contributed by atoms with Gasteiger partial charge in [-0.2, -0.15) is 0 Å². The van der Waals surface area contributed by atoms with Gasteiger partial charge in [0.1, 0.15) is 22.3 Å². The smallest absolute Gasteiger partial charge is 0.143 e. The van der Waals surface area contributed by atoms with Crippen LogP contribution in [-0.2, 0) is 45.3 Å². The zero-order valence-electron chi connectivity index (χ0n) is 78.9. The topological polar surface area (TPSA) is 26.3 Å². The first-order chi connectivity index (χ1) is 59.9. The molecule has 18 aromatic carbocycles. The molecule has 0 unspecified atom stereocenters. The van der Waals surface area contributed by atoms with Gasteiger partial charge in [0, 0.05) is 38.1 Å². The third kappa shape index (κ3) is 15.5. The zero-order valence-corrected chi connectivity index (χ0v) is 78.9. The van der Waals surface area contributed by atoms with E-state index >= 15 is 0 Å². The Morgan fingerprint density at radius 3 is 1.06 bits per heavy atom. The maximum atomic E-state index is 6.74. The van der Waals surface area contributed by atoms with E-state index in [0.717, 1.165) is 35.2 Å². The van der Waals surface area contributed by atoms with Crippen LogP contribution in [0.4, 0.5) is 0 Å². The Bertz CT molecular complexity index is 7680. The van der Waals surface area contributed by atoms with Crippen molar-refractivity contribution in [3.05, 3.63) is 380 Å². The number of benzene rings is 18. The van der Waals surface area contributed by atoms with Crippen molar-refractivity contribution in [3.63, 3.8) is 0 Å². The molecule has 632 valence electrons. The van der Waals surface area contributed by atoms with E-state index < -0.39 is 0 Å². The van der Waals surface area contributed by atoms with Gasteiger partial charge in [-0.25, -0.2) is 0 Å². The van der Waals surface area contributed by atoms with Crippen LogP contribution in [0.2, 0.25) is 0 Å². The third-order valence-electron chi connectivity index (χ3n) is 27.1. The van der Waals surface area contributed by atoms with Crippen LogP contribution in [0.15, 0.2) is 300 Å². The van der Waals surface area contributed by atoms with Crippen molar-refractivity contribution in [1.29, 1.82) is 0 Å². The Labute approximate surface area is 747 Å². The third-order valence-corrected chi connectivity index (χ3v) is 27.1. The molecule has 2 heteroatoms. The Balaban J connectivity index is 0.000000108. The monoisotopic (exact) mass is 1640 g/mol. The molecular formula is C124H124O2. The van der Waals surface area contributed by atoms with Crippen molar-refractivity contribution in [2.45, 2.75) is 212 Å². The number of aryl methyl sites for hydroxylation is 4. The number of furan rings is 2. The zero-order chi connectivity index (χ0) is 89.2. The molecule has 0 spiro atoms. The van der Waals surface area contributed by atoms with Crippen LogP contribution in [0, 0.1) is 41.5 Å². The summed E-state index contributed by atoms with van der Waals surface area (Å²) < 4.78 is 13.2. The van der Waals surface area contributed by atoms with Gasteiger partial charge in [-0.1, -0.05) is 404 Å². The molecule has 0 radical (unpaired) electrons. The van der Waals surface area contributed by atoms with Crippen molar-refractivity contribution in [3.8, 4) is 22.3 Å². The highest BCUT2D eigenvalue weighted by Gasteiger charge is 2.35. The van der Waals surface area contributed by atoms with Gasteiger partial charge in [-0.05, 0) is 280 Å². The van der Waals surface area contributed by atoms with Crippen LogP contribution < -0.4 is 0 Å². The first kappa shape index (κ1) is 85.8. The lowest BCUT2D eigenvalue weighted by molar-refractivity contribution is 0.568. The van der Waals surface area contributed by atoms with Gasteiger partial charge in [0.05, 0.1) is 0 Å². The van der Waals surface area contributed by atoms with Crippen molar-refractivity contribution in [2.24, 2.45) is 0 Å². The minimum atomic E-state index is 0.00974. The highest BCUT2D eigenvalue weighted by atomic mass is 16.3. The Kier molecular flexibility index (Phi) is 22.2. The van der Waals surface area contributed by atoms with Gasteiger partial charge in [-0.3, -0.25) is 0 Å². The lowest BCUT2D eigenvalue weighted by Gasteiger charge is -2.25. The fraction of sp³-hybridized carbons (Fsp3) is 0.258. The van der Waals surface area contributed by atoms with Crippen molar-refractivity contribution in [2.75, 3.05) is 0 Å². The van der Waals surface area contributed by atoms with E-state index in [0.29, 0.717) is 0 Å². The number of hydrogen-bond donors (Lipinski definition) is 0. The minimum absolute atomic E-state index is 0.00974. The molecule has 2 aromatic heterocycles. The largest absolute Gasteiger partial charge is 0.456 e. The van der Waals surface area contributed by atoms with Crippen LogP contribution in [-0.4, -0.2) is 0 Å². The van der Waals surface area contributed by atoms with E-state index in [2.05, 4.69) is 457 Å². The van der Waals surface area contributed by atoms with E-state index in [9.17, 15) is 0 Å². The molecule has 22 rings (SSSR count). The summed E-state index contributed by atoms with van der Waals surface area (Å²) in [7, 11) is 0. The van der Waals surface area contributed by atoms with E-state index in [4.69, 9.17) is 8.83 Å². The molecule has 0 N–H and O–H groups in total. The van der Waals surface area contributed by atoms with Crippen LogP contribution in [0.3, 0.4) is 0 Å². The summed E-state index contributed by atoms with van der Waals surface area (Å²) in [5.41, 5.74) is 33.2. The standard InChI is InChI=1S/C28H24O.C24H22O.3C19H20.C15H18/c1-16-22-15-18-10-6-7-11-19(18)23(22)24-21-14-13-17-9-5-8-12-20(17)26(21)29-27(24)25(16)28(2,3)4;1-14-18-13-15-9-5-6-10-16(15)20(18)21-17-11-7-8-12-19(17)25-23(21)22(14)24(2,3)4;1-13-14-9-5-6-10-15(14)16-11-7-8-12-17(16)18(13)19(2,3)4;1-13-15-10-9-14-7-5-6-8-16(14)17(15)11-12-18(13)19(2,3)4;1-13-17(19(2,3)4)12-11-15-10-9-14-7-5-6-8-16(14)18(13)15;1-11-13-8-6-5-7-12(13)9-10-14(11)15(2,3)4/h5-14H,15H2,1-4H3;5-12H,13H2,1-4H3;3*5-12H,1-4H3;5-10H,1-4H3. The molecule has 2 heterocycles. The second kappa shape index (κ2) is 32.6. The summed E-state index contributed by atoms with van der Waals surface area (Å²) >= 11 is 0. The summed E-state index contributed by atoms with van der Waals surface area (Å²) in [5, 5.41) is 26.5. The van der Waals surface area contributed by atoms with Gasteiger partial charge < -0.3 is 8.83 Å². The molecule has 0 saturated carbocycles.